The quantitative estimate of drug-likeness (QED) is 0.111. The molecular formula is C22H26BrF2IO7S. The molecule has 0 saturated heterocycles. The van der Waals surface area contributed by atoms with Crippen LogP contribution in [0.1, 0.15) is 25.7 Å². The van der Waals surface area contributed by atoms with E-state index in [0.29, 0.717) is 31.5 Å². The summed E-state index contributed by atoms with van der Waals surface area (Å²) >= 11 is -0.160. The number of alkyl halides is 3. The fourth-order valence-corrected chi connectivity index (χ4v) is 9.73. The van der Waals surface area contributed by atoms with Gasteiger partial charge in [0.2, 0.25) is 0 Å². The fourth-order valence-electron chi connectivity index (χ4n) is 2.59. The molecule has 34 heavy (non-hydrogen) atoms. The van der Waals surface area contributed by atoms with E-state index in [4.69, 9.17) is 12.0 Å². The second-order valence-corrected chi connectivity index (χ2v) is 14.2. The molecule has 0 amide bonds. The molecule has 0 atom stereocenters. The van der Waals surface area contributed by atoms with Gasteiger partial charge in [-0.2, -0.15) is 0 Å². The van der Waals surface area contributed by atoms with Gasteiger partial charge in [-0.25, -0.2) is 0 Å². The van der Waals surface area contributed by atoms with E-state index in [1.165, 1.54) is 14.2 Å². The molecule has 12 heteroatoms. The second-order valence-electron chi connectivity index (χ2n) is 6.84. The van der Waals surface area contributed by atoms with Crippen molar-refractivity contribution in [1.29, 1.82) is 0 Å². The molecule has 0 unspecified atom stereocenters. The first kappa shape index (κ1) is 28.7. The maximum absolute atomic E-state index is 14.6. The minimum atomic E-state index is -5.64. The summed E-state index contributed by atoms with van der Waals surface area (Å²) in [6, 6.07) is 12.5. The number of carbonyl (C=O) groups excluding carboxylic acids is 1. The van der Waals surface area contributed by atoms with Gasteiger partial charge in [0.05, 0.1) is 0 Å². The zero-order valence-electron chi connectivity index (χ0n) is 18.6. The number of ether oxygens (including phenoxy) is 3. The van der Waals surface area contributed by atoms with E-state index in [0.717, 1.165) is 18.2 Å². The summed E-state index contributed by atoms with van der Waals surface area (Å²) in [6.45, 7) is -0.300. The number of methoxy groups -OCH3 is 2. The first-order valence-electron chi connectivity index (χ1n) is 10.2. The first-order valence-corrected chi connectivity index (χ1v) is 15.8. The molecule has 0 aliphatic rings. The molecule has 2 rings (SSSR count). The molecular weight excluding hydrogens is 653 g/mol. The number of benzene rings is 2. The molecule has 0 bridgehead atoms. The fraction of sp³-hybridized carbons (Fsp3) is 0.409. The third-order valence-corrected chi connectivity index (χ3v) is 12.3. The van der Waals surface area contributed by atoms with Crippen molar-refractivity contribution in [2.75, 3.05) is 26.2 Å². The van der Waals surface area contributed by atoms with Gasteiger partial charge >= 0.3 is 215 Å². The summed E-state index contributed by atoms with van der Waals surface area (Å²) in [5, 5.41) is -4.04. The van der Waals surface area contributed by atoms with E-state index in [-0.39, 0.29) is 6.61 Å². The molecule has 0 fully saturated rings. The molecule has 190 valence electrons. The number of esters is 1. The molecule has 0 saturated carbocycles. The van der Waals surface area contributed by atoms with Crippen LogP contribution in [0.15, 0.2) is 48.5 Å². The van der Waals surface area contributed by atoms with Gasteiger partial charge in [-0.3, -0.25) is 0 Å². The van der Waals surface area contributed by atoms with E-state index >= 15 is 0 Å². The van der Waals surface area contributed by atoms with Crippen molar-refractivity contribution in [1.82, 2.24) is 0 Å². The summed E-state index contributed by atoms with van der Waals surface area (Å²) in [6.07, 6.45) is 2.75. The van der Waals surface area contributed by atoms with Crippen molar-refractivity contribution in [3.8, 4) is 11.5 Å². The molecule has 0 spiro atoms. The molecule has 0 N–H and O–H groups in total. The zero-order valence-corrected chi connectivity index (χ0v) is 23.2. The first-order chi connectivity index (χ1) is 16.2. The standard InChI is InChI=1S/C22H26BrF2IO7S/c1-30-19-11-7-17(8-12-19)26(18-9-13-20(31-2)14-10-18)33-34(28,29)22(24,25)21(27)32-16-6-4-3-5-15-23/h7-14H,3-6,15-16H2,1-2H3. The summed E-state index contributed by atoms with van der Waals surface area (Å²) in [5.74, 6) is -1.14. The predicted octanol–water partition coefficient (Wildman–Crippen LogP) is 5.60. The van der Waals surface area contributed by atoms with Gasteiger partial charge in [0.15, 0.2) is 0 Å². The van der Waals surface area contributed by atoms with Crippen LogP contribution in [0.2, 0.25) is 0 Å². The molecule has 0 heterocycles. The van der Waals surface area contributed by atoms with Crippen LogP contribution >= 0.6 is 36.2 Å². The van der Waals surface area contributed by atoms with Crippen molar-refractivity contribution in [2.24, 2.45) is 0 Å². The predicted molar refractivity (Wildman–Crippen MR) is 136 cm³/mol. The van der Waals surface area contributed by atoms with Crippen LogP contribution in [0.5, 0.6) is 11.5 Å². The molecule has 7 nitrogen and oxygen atoms in total. The average Bonchev–Trinajstić information content (AvgIpc) is 2.84. The Balaban J connectivity index is 2.23. The number of unbranched alkanes of at least 4 members (excludes halogenated alkanes) is 3. The van der Waals surface area contributed by atoms with Crippen LogP contribution < -0.4 is 9.47 Å². The van der Waals surface area contributed by atoms with Gasteiger partial charge in [-0.1, -0.05) is 0 Å². The third kappa shape index (κ3) is 7.75. The minimum absolute atomic E-state index is 0.300. The molecule has 0 aliphatic carbocycles. The molecule has 2 aromatic carbocycles. The Bertz CT molecular complexity index is 971. The Kier molecular flexibility index (Phi) is 11.4. The van der Waals surface area contributed by atoms with Gasteiger partial charge in [0, 0.05) is 0 Å². The number of halogens is 4. The van der Waals surface area contributed by atoms with Crippen LogP contribution in [-0.2, 0) is 22.2 Å². The van der Waals surface area contributed by atoms with E-state index < -0.39 is 41.6 Å². The second kappa shape index (κ2) is 13.5. The van der Waals surface area contributed by atoms with E-state index in [1.54, 1.807) is 48.5 Å². The molecule has 0 aliphatic heterocycles. The summed E-state index contributed by atoms with van der Waals surface area (Å²) in [5.41, 5.74) is 0. The van der Waals surface area contributed by atoms with Crippen molar-refractivity contribution in [3.05, 3.63) is 55.7 Å². The monoisotopic (exact) mass is 678 g/mol. The Labute approximate surface area is 214 Å². The topological polar surface area (TPSA) is 88.1 Å². The SMILES string of the molecule is COc1ccc(I(OS(=O)(=O)C(F)(F)C(=O)OCCCCCCBr)c2ccc(OC)cc2)cc1. The van der Waals surface area contributed by atoms with E-state index in [1.807, 2.05) is 0 Å². The number of hydrogen-bond acceptors (Lipinski definition) is 7. The third-order valence-electron chi connectivity index (χ3n) is 4.45. The van der Waals surface area contributed by atoms with Crippen molar-refractivity contribution in [2.45, 2.75) is 30.9 Å². The van der Waals surface area contributed by atoms with Gasteiger partial charge < -0.3 is 0 Å². The van der Waals surface area contributed by atoms with Gasteiger partial charge in [-0.05, 0) is 0 Å². The number of hydrogen-bond donors (Lipinski definition) is 0. The van der Waals surface area contributed by atoms with Gasteiger partial charge in [0.25, 0.3) is 0 Å². The number of carbonyl (C=O) groups is 1. The Morgan fingerprint density at radius 2 is 1.35 bits per heavy atom. The maximum atomic E-state index is 14.6. The summed E-state index contributed by atoms with van der Waals surface area (Å²) in [7, 11) is -2.72. The van der Waals surface area contributed by atoms with Gasteiger partial charge in [-0.15, -0.1) is 0 Å². The van der Waals surface area contributed by atoms with Crippen molar-refractivity contribution < 1.29 is 38.7 Å². The Morgan fingerprint density at radius 3 is 1.79 bits per heavy atom. The molecule has 2 aromatic rings. The van der Waals surface area contributed by atoms with E-state index in [9.17, 15) is 22.0 Å². The zero-order chi connectivity index (χ0) is 25.2. The average molecular weight is 679 g/mol. The van der Waals surface area contributed by atoms with Crippen LogP contribution in [0, 0.1) is 7.14 Å². The van der Waals surface area contributed by atoms with Crippen LogP contribution in [-0.4, -0.2) is 45.8 Å². The number of rotatable bonds is 14. The Morgan fingerprint density at radius 1 is 0.882 bits per heavy atom. The molecule has 0 aromatic heterocycles. The van der Waals surface area contributed by atoms with Crippen LogP contribution in [0.3, 0.4) is 0 Å². The van der Waals surface area contributed by atoms with E-state index in [2.05, 4.69) is 20.7 Å². The molecule has 0 radical (unpaired) electrons. The van der Waals surface area contributed by atoms with Gasteiger partial charge in [0.1, 0.15) is 0 Å². The van der Waals surface area contributed by atoms with Crippen molar-refractivity contribution in [3.63, 3.8) is 0 Å². The van der Waals surface area contributed by atoms with Crippen LogP contribution in [0.4, 0.5) is 8.78 Å². The van der Waals surface area contributed by atoms with Crippen LogP contribution in [0.25, 0.3) is 0 Å². The summed E-state index contributed by atoms with van der Waals surface area (Å²) in [4.78, 5) is 12.0. The Hall–Kier alpha value is -1.51. The normalized spacial score (nSPS) is 12.2. The summed E-state index contributed by atoms with van der Waals surface area (Å²) < 4.78 is 75.1. The van der Waals surface area contributed by atoms with Crippen molar-refractivity contribution >= 4 is 52.3 Å².